The predicted molar refractivity (Wildman–Crippen MR) is 57.6 cm³/mol. The van der Waals surface area contributed by atoms with Crippen molar-refractivity contribution in [3.05, 3.63) is 23.8 Å². The van der Waals surface area contributed by atoms with Gasteiger partial charge in [0.05, 0.1) is 0 Å². The van der Waals surface area contributed by atoms with Gasteiger partial charge in [-0.1, -0.05) is 6.07 Å². The van der Waals surface area contributed by atoms with Crippen LogP contribution in [0.2, 0.25) is 0 Å². The molecule has 1 aromatic carbocycles. The summed E-state index contributed by atoms with van der Waals surface area (Å²) >= 11 is 0. The molecule has 4 aliphatic rings. The zero-order chi connectivity index (χ0) is 10.8. The second-order valence-corrected chi connectivity index (χ2v) is 5.54. The van der Waals surface area contributed by atoms with Crippen molar-refractivity contribution in [2.24, 2.45) is 5.41 Å². The second kappa shape index (κ2) is 2.54. The quantitative estimate of drug-likeness (QED) is 0.823. The Kier molecular flexibility index (Phi) is 1.41. The molecule has 0 amide bonds. The van der Waals surface area contributed by atoms with E-state index in [1.54, 1.807) is 0 Å². The molecule has 84 valence electrons. The zero-order valence-corrected chi connectivity index (χ0v) is 9.03. The summed E-state index contributed by atoms with van der Waals surface area (Å²) in [6.45, 7) is 0.686. The third-order valence-electron chi connectivity index (χ3n) is 4.46. The minimum Gasteiger partial charge on any atom is -0.454 e. The fraction of sp³-hybridized carbons (Fsp3) is 0.538. The van der Waals surface area contributed by atoms with Gasteiger partial charge in [-0.05, 0) is 47.8 Å². The number of ether oxygens (including phenoxy) is 2. The van der Waals surface area contributed by atoms with Gasteiger partial charge in [-0.15, -0.1) is 0 Å². The van der Waals surface area contributed by atoms with Gasteiger partial charge >= 0.3 is 0 Å². The Bertz CT molecular complexity index is 446. The highest BCUT2D eigenvalue weighted by atomic mass is 16.7. The third-order valence-corrected chi connectivity index (χ3v) is 4.46. The van der Waals surface area contributed by atoms with Crippen LogP contribution in [0.25, 0.3) is 0 Å². The molecule has 1 N–H and O–H groups in total. The molecule has 2 bridgehead atoms. The summed E-state index contributed by atoms with van der Waals surface area (Å²) in [7, 11) is 0. The topological polar surface area (TPSA) is 38.7 Å². The predicted octanol–water partition coefficient (Wildman–Crippen LogP) is 1.83. The van der Waals surface area contributed by atoms with Gasteiger partial charge in [0, 0.05) is 6.61 Å². The molecular formula is C13H14O3. The van der Waals surface area contributed by atoms with Crippen LogP contribution in [0.1, 0.15) is 24.8 Å². The lowest BCUT2D eigenvalue weighted by Gasteiger charge is -2.70. The van der Waals surface area contributed by atoms with Crippen LogP contribution in [0.15, 0.2) is 18.2 Å². The summed E-state index contributed by atoms with van der Waals surface area (Å²) in [5.41, 5.74) is 1.95. The number of aliphatic hydroxyl groups is 1. The van der Waals surface area contributed by atoms with E-state index < -0.39 is 0 Å². The van der Waals surface area contributed by atoms with E-state index in [0.29, 0.717) is 18.8 Å². The van der Waals surface area contributed by atoms with Crippen molar-refractivity contribution >= 4 is 0 Å². The van der Waals surface area contributed by atoms with Gasteiger partial charge in [0.25, 0.3) is 0 Å². The highest BCUT2D eigenvalue weighted by molar-refractivity contribution is 5.49. The van der Waals surface area contributed by atoms with Crippen molar-refractivity contribution in [3.63, 3.8) is 0 Å². The minimum atomic E-state index is 0.260. The lowest BCUT2D eigenvalue weighted by Crippen LogP contribution is -2.66. The minimum absolute atomic E-state index is 0.260. The van der Waals surface area contributed by atoms with Crippen LogP contribution in [-0.2, 0) is 5.41 Å². The number of hydrogen-bond donors (Lipinski definition) is 1. The molecule has 0 saturated heterocycles. The van der Waals surface area contributed by atoms with Crippen molar-refractivity contribution in [3.8, 4) is 11.5 Å². The molecule has 0 aromatic heterocycles. The molecule has 3 aliphatic carbocycles. The van der Waals surface area contributed by atoms with E-state index >= 15 is 0 Å². The summed E-state index contributed by atoms with van der Waals surface area (Å²) in [6.07, 6.45) is 3.41. The summed E-state index contributed by atoms with van der Waals surface area (Å²) in [6, 6.07) is 6.26. The van der Waals surface area contributed by atoms with Crippen LogP contribution >= 0.6 is 0 Å². The van der Waals surface area contributed by atoms with Crippen molar-refractivity contribution in [1.29, 1.82) is 0 Å². The molecule has 0 spiro atoms. The van der Waals surface area contributed by atoms with Crippen molar-refractivity contribution < 1.29 is 14.6 Å². The Morgan fingerprint density at radius 2 is 1.88 bits per heavy atom. The molecule has 5 rings (SSSR count). The standard InChI is InChI=1S/C13H14O3/c14-7-12-4-13(5-12,6-12)9-1-2-10-11(3-9)16-8-15-10/h1-3,14H,4-8H2. The van der Waals surface area contributed by atoms with Gasteiger partial charge in [0.15, 0.2) is 11.5 Å². The van der Waals surface area contributed by atoms with Gasteiger partial charge in [0.1, 0.15) is 0 Å². The largest absolute Gasteiger partial charge is 0.454 e. The molecule has 1 aromatic rings. The van der Waals surface area contributed by atoms with Gasteiger partial charge < -0.3 is 14.6 Å². The molecule has 3 heteroatoms. The maximum absolute atomic E-state index is 9.25. The van der Waals surface area contributed by atoms with E-state index in [9.17, 15) is 5.11 Å². The van der Waals surface area contributed by atoms with Gasteiger partial charge in [-0.3, -0.25) is 0 Å². The molecule has 16 heavy (non-hydrogen) atoms. The van der Waals surface area contributed by atoms with Crippen LogP contribution in [-0.4, -0.2) is 18.5 Å². The first-order valence-corrected chi connectivity index (χ1v) is 5.76. The van der Waals surface area contributed by atoms with E-state index in [1.165, 1.54) is 5.56 Å². The van der Waals surface area contributed by atoms with E-state index in [0.717, 1.165) is 30.8 Å². The van der Waals surface area contributed by atoms with Crippen molar-refractivity contribution in [2.45, 2.75) is 24.7 Å². The number of aliphatic hydroxyl groups excluding tert-OH is 1. The smallest absolute Gasteiger partial charge is 0.231 e. The zero-order valence-electron chi connectivity index (χ0n) is 9.03. The summed E-state index contributed by atoms with van der Waals surface area (Å²) in [5, 5.41) is 9.25. The van der Waals surface area contributed by atoms with E-state index in [1.807, 2.05) is 6.07 Å². The Morgan fingerprint density at radius 1 is 1.12 bits per heavy atom. The second-order valence-electron chi connectivity index (χ2n) is 5.54. The molecule has 3 nitrogen and oxygen atoms in total. The Balaban J connectivity index is 1.66. The van der Waals surface area contributed by atoms with Crippen LogP contribution < -0.4 is 9.47 Å². The molecule has 3 fully saturated rings. The van der Waals surface area contributed by atoms with Gasteiger partial charge in [-0.2, -0.15) is 0 Å². The average Bonchev–Trinajstić information content (AvgIpc) is 2.61. The third kappa shape index (κ3) is 0.884. The van der Waals surface area contributed by atoms with E-state index in [4.69, 9.17) is 9.47 Å². The molecular weight excluding hydrogens is 204 g/mol. The first kappa shape index (κ1) is 8.88. The molecule has 3 saturated carbocycles. The van der Waals surface area contributed by atoms with Crippen LogP contribution in [0, 0.1) is 5.41 Å². The molecule has 0 radical (unpaired) electrons. The van der Waals surface area contributed by atoms with Gasteiger partial charge in [0.2, 0.25) is 6.79 Å². The number of hydrogen-bond acceptors (Lipinski definition) is 3. The van der Waals surface area contributed by atoms with E-state index in [-0.39, 0.29) is 5.41 Å². The molecule has 1 heterocycles. The maximum Gasteiger partial charge on any atom is 0.231 e. The molecule has 1 aliphatic heterocycles. The summed E-state index contributed by atoms with van der Waals surface area (Å²) < 4.78 is 10.7. The molecule has 0 atom stereocenters. The van der Waals surface area contributed by atoms with Crippen LogP contribution in [0.3, 0.4) is 0 Å². The highest BCUT2D eigenvalue weighted by Crippen LogP contribution is 2.73. The highest BCUT2D eigenvalue weighted by Gasteiger charge is 2.67. The Morgan fingerprint density at radius 3 is 2.62 bits per heavy atom. The molecule has 0 unspecified atom stereocenters. The first-order chi connectivity index (χ1) is 7.75. The maximum atomic E-state index is 9.25. The SMILES string of the molecule is OCC12CC(c3ccc4c(c3)OCO4)(C1)C2. The summed E-state index contributed by atoms with van der Waals surface area (Å²) in [5.74, 6) is 1.73. The van der Waals surface area contributed by atoms with E-state index in [2.05, 4.69) is 12.1 Å². The number of benzene rings is 1. The fourth-order valence-corrected chi connectivity index (χ4v) is 3.70. The average molecular weight is 218 g/mol. The van der Waals surface area contributed by atoms with Crippen LogP contribution in [0.5, 0.6) is 11.5 Å². The number of rotatable bonds is 2. The monoisotopic (exact) mass is 218 g/mol. The van der Waals surface area contributed by atoms with Crippen molar-refractivity contribution in [1.82, 2.24) is 0 Å². The normalized spacial score (nSPS) is 37.8. The first-order valence-electron chi connectivity index (χ1n) is 5.76. The fourth-order valence-electron chi connectivity index (χ4n) is 3.70. The summed E-state index contributed by atoms with van der Waals surface area (Å²) in [4.78, 5) is 0. The lowest BCUT2D eigenvalue weighted by molar-refractivity contribution is -0.167. The Labute approximate surface area is 94.0 Å². The Hall–Kier alpha value is -1.22. The van der Waals surface area contributed by atoms with Crippen LogP contribution in [0.4, 0.5) is 0 Å². The van der Waals surface area contributed by atoms with Gasteiger partial charge in [-0.25, -0.2) is 0 Å². The number of fused-ring (bicyclic) bond motifs is 1. The van der Waals surface area contributed by atoms with Crippen molar-refractivity contribution in [2.75, 3.05) is 13.4 Å². The lowest BCUT2D eigenvalue weighted by atomic mass is 9.34.